The molecule has 0 saturated carbocycles. The standard InChI is InChI=1S/C31H28O4/c1-19(29(32)33)17-31(18-20(2)30(34)35)27-10-6-5-9-25(27)26-14-13-24(16-28(26)31)23-12-11-21-7-3-4-8-22(21)15-23/h3-16,19-20H,17-18H2,1-2H3,(H,32,33)(H,34,35). The minimum absolute atomic E-state index is 0.338. The molecule has 4 nitrogen and oxygen atoms in total. The number of fused-ring (bicyclic) bond motifs is 4. The van der Waals surface area contributed by atoms with Crippen molar-refractivity contribution < 1.29 is 19.8 Å². The zero-order valence-corrected chi connectivity index (χ0v) is 19.9. The normalized spacial score (nSPS) is 18.0. The molecule has 35 heavy (non-hydrogen) atoms. The number of hydrogen-bond donors (Lipinski definition) is 2. The average Bonchev–Trinajstić information content (AvgIpc) is 3.12. The van der Waals surface area contributed by atoms with Crippen LogP contribution in [0.15, 0.2) is 84.9 Å². The van der Waals surface area contributed by atoms with Gasteiger partial charge in [-0.3, -0.25) is 9.59 Å². The second-order valence-electron chi connectivity index (χ2n) is 9.84. The summed E-state index contributed by atoms with van der Waals surface area (Å²) in [6, 6.07) is 29.0. The first-order valence-corrected chi connectivity index (χ1v) is 12.0. The first kappa shape index (κ1) is 22.9. The van der Waals surface area contributed by atoms with E-state index in [0.717, 1.165) is 38.8 Å². The van der Waals surface area contributed by atoms with Crippen LogP contribution in [0.5, 0.6) is 0 Å². The molecular formula is C31H28O4. The second-order valence-corrected chi connectivity index (χ2v) is 9.84. The Morgan fingerprint density at radius 2 is 1.20 bits per heavy atom. The lowest BCUT2D eigenvalue weighted by molar-refractivity contribution is -0.142. The molecule has 4 heteroatoms. The minimum Gasteiger partial charge on any atom is -0.481 e. The van der Waals surface area contributed by atoms with Crippen molar-refractivity contribution in [3.63, 3.8) is 0 Å². The van der Waals surface area contributed by atoms with Gasteiger partial charge in [0.15, 0.2) is 0 Å². The van der Waals surface area contributed by atoms with Gasteiger partial charge in [-0.25, -0.2) is 0 Å². The number of aliphatic carboxylic acids is 2. The van der Waals surface area contributed by atoms with Crippen LogP contribution in [0.25, 0.3) is 33.0 Å². The molecule has 1 aliphatic carbocycles. The molecule has 4 aromatic carbocycles. The molecule has 2 unspecified atom stereocenters. The van der Waals surface area contributed by atoms with E-state index in [0.29, 0.717) is 12.8 Å². The molecule has 4 aromatic rings. The molecule has 0 spiro atoms. The van der Waals surface area contributed by atoms with E-state index in [2.05, 4.69) is 54.6 Å². The van der Waals surface area contributed by atoms with Crippen molar-refractivity contribution in [3.8, 4) is 22.3 Å². The molecule has 0 radical (unpaired) electrons. The van der Waals surface area contributed by atoms with Gasteiger partial charge in [0.05, 0.1) is 11.8 Å². The van der Waals surface area contributed by atoms with E-state index in [4.69, 9.17) is 0 Å². The topological polar surface area (TPSA) is 74.6 Å². The van der Waals surface area contributed by atoms with Crippen molar-refractivity contribution in [3.05, 3.63) is 96.1 Å². The third-order valence-corrected chi connectivity index (χ3v) is 7.50. The van der Waals surface area contributed by atoms with Gasteiger partial charge in [-0.2, -0.15) is 0 Å². The molecule has 1 aliphatic rings. The molecule has 2 atom stereocenters. The Hall–Kier alpha value is -3.92. The van der Waals surface area contributed by atoms with Gasteiger partial charge < -0.3 is 10.2 Å². The summed E-state index contributed by atoms with van der Waals surface area (Å²) in [6.07, 6.45) is 0.677. The average molecular weight is 465 g/mol. The summed E-state index contributed by atoms with van der Waals surface area (Å²) >= 11 is 0. The van der Waals surface area contributed by atoms with Crippen molar-refractivity contribution in [2.75, 3.05) is 0 Å². The van der Waals surface area contributed by atoms with Crippen molar-refractivity contribution in [1.82, 2.24) is 0 Å². The van der Waals surface area contributed by atoms with Crippen LogP contribution >= 0.6 is 0 Å². The summed E-state index contributed by atoms with van der Waals surface area (Å²) in [4.78, 5) is 23.9. The summed E-state index contributed by atoms with van der Waals surface area (Å²) in [5.74, 6) is -2.99. The van der Waals surface area contributed by atoms with Gasteiger partial charge >= 0.3 is 11.9 Å². The van der Waals surface area contributed by atoms with Crippen LogP contribution in [-0.2, 0) is 15.0 Å². The van der Waals surface area contributed by atoms with E-state index < -0.39 is 29.2 Å². The third kappa shape index (κ3) is 3.89. The predicted molar refractivity (Wildman–Crippen MR) is 138 cm³/mol. The van der Waals surface area contributed by atoms with Gasteiger partial charge in [0.2, 0.25) is 0 Å². The quantitative estimate of drug-likeness (QED) is 0.309. The Labute approximate surface area is 204 Å². The number of carbonyl (C=O) groups is 2. The highest BCUT2D eigenvalue weighted by Crippen LogP contribution is 2.55. The minimum atomic E-state index is -0.871. The zero-order chi connectivity index (χ0) is 24.7. The zero-order valence-electron chi connectivity index (χ0n) is 19.9. The van der Waals surface area contributed by atoms with Gasteiger partial charge in [-0.15, -0.1) is 0 Å². The van der Waals surface area contributed by atoms with Gasteiger partial charge in [0, 0.05) is 5.41 Å². The number of hydrogen-bond acceptors (Lipinski definition) is 2. The van der Waals surface area contributed by atoms with E-state index in [1.165, 1.54) is 5.39 Å². The fraction of sp³-hybridized carbons (Fsp3) is 0.226. The fourth-order valence-electron chi connectivity index (χ4n) is 5.75. The van der Waals surface area contributed by atoms with Crippen LogP contribution in [0.3, 0.4) is 0 Å². The van der Waals surface area contributed by atoms with Crippen molar-refractivity contribution >= 4 is 22.7 Å². The lowest BCUT2D eigenvalue weighted by Crippen LogP contribution is -2.34. The number of carboxylic acid groups (broad SMARTS) is 2. The monoisotopic (exact) mass is 464 g/mol. The van der Waals surface area contributed by atoms with Crippen LogP contribution in [-0.4, -0.2) is 22.2 Å². The Morgan fingerprint density at radius 3 is 1.89 bits per heavy atom. The molecule has 0 aliphatic heterocycles. The molecule has 0 bridgehead atoms. The van der Waals surface area contributed by atoms with Crippen LogP contribution in [0.1, 0.15) is 37.8 Å². The largest absolute Gasteiger partial charge is 0.481 e. The summed E-state index contributed by atoms with van der Waals surface area (Å²) in [7, 11) is 0. The Kier molecular flexibility index (Phi) is 5.68. The molecule has 0 fully saturated rings. The maximum absolute atomic E-state index is 12.0. The molecule has 2 N–H and O–H groups in total. The number of rotatable bonds is 7. The molecule has 176 valence electrons. The van der Waals surface area contributed by atoms with E-state index in [1.807, 2.05) is 30.3 Å². The smallest absolute Gasteiger partial charge is 0.306 e. The predicted octanol–water partition coefficient (Wildman–Crippen LogP) is 6.99. The molecule has 0 saturated heterocycles. The lowest BCUT2D eigenvalue weighted by atomic mass is 9.67. The fourth-order valence-corrected chi connectivity index (χ4v) is 5.75. The van der Waals surface area contributed by atoms with E-state index >= 15 is 0 Å². The van der Waals surface area contributed by atoms with E-state index in [-0.39, 0.29) is 0 Å². The van der Waals surface area contributed by atoms with Gasteiger partial charge in [-0.1, -0.05) is 86.6 Å². The van der Waals surface area contributed by atoms with Crippen LogP contribution in [0, 0.1) is 11.8 Å². The highest BCUT2D eigenvalue weighted by Gasteiger charge is 2.46. The molecule has 0 amide bonds. The van der Waals surface area contributed by atoms with Gasteiger partial charge in [-0.05, 0) is 69.1 Å². The second kappa shape index (κ2) is 8.70. The van der Waals surface area contributed by atoms with Crippen LogP contribution < -0.4 is 0 Å². The Balaban J connectivity index is 1.72. The van der Waals surface area contributed by atoms with Crippen LogP contribution in [0.2, 0.25) is 0 Å². The first-order valence-electron chi connectivity index (χ1n) is 12.0. The third-order valence-electron chi connectivity index (χ3n) is 7.50. The van der Waals surface area contributed by atoms with Crippen molar-refractivity contribution in [2.45, 2.75) is 32.1 Å². The van der Waals surface area contributed by atoms with Crippen LogP contribution in [0.4, 0.5) is 0 Å². The maximum Gasteiger partial charge on any atom is 0.306 e. The Bertz CT molecular complexity index is 1430. The molecular weight excluding hydrogens is 436 g/mol. The highest BCUT2D eigenvalue weighted by atomic mass is 16.4. The van der Waals surface area contributed by atoms with Crippen molar-refractivity contribution in [1.29, 1.82) is 0 Å². The Morgan fingerprint density at radius 1 is 0.657 bits per heavy atom. The number of benzene rings is 4. The summed E-state index contributed by atoms with van der Waals surface area (Å²) in [5, 5.41) is 21.9. The van der Waals surface area contributed by atoms with Gasteiger partial charge in [0.25, 0.3) is 0 Å². The van der Waals surface area contributed by atoms with Gasteiger partial charge in [0.1, 0.15) is 0 Å². The van der Waals surface area contributed by atoms with Crippen molar-refractivity contribution in [2.24, 2.45) is 11.8 Å². The lowest BCUT2D eigenvalue weighted by Gasteiger charge is -2.35. The summed E-state index contributed by atoms with van der Waals surface area (Å²) in [5.41, 5.74) is 5.57. The van der Waals surface area contributed by atoms with E-state index in [9.17, 15) is 19.8 Å². The molecule has 0 aromatic heterocycles. The number of carboxylic acids is 2. The maximum atomic E-state index is 12.0. The first-order chi connectivity index (χ1) is 16.8. The molecule has 0 heterocycles. The summed E-state index contributed by atoms with van der Waals surface area (Å²) in [6.45, 7) is 3.42. The highest BCUT2D eigenvalue weighted by molar-refractivity contribution is 5.89. The van der Waals surface area contributed by atoms with E-state index in [1.54, 1.807) is 13.8 Å². The SMILES string of the molecule is CC(CC1(CC(C)C(=O)O)c2ccccc2-c2ccc(-c3ccc4ccccc4c3)cc21)C(=O)O. The summed E-state index contributed by atoms with van der Waals surface area (Å²) < 4.78 is 0. The molecule has 5 rings (SSSR count).